The van der Waals surface area contributed by atoms with Gasteiger partial charge in [0.15, 0.2) is 0 Å². The van der Waals surface area contributed by atoms with Gasteiger partial charge in [-0.1, -0.05) is 147 Å². The van der Waals surface area contributed by atoms with E-state index in [0.29, 0.717) is 5.25 Å². The molecule has 2 aromatic heterocycles. The molecule has 3 heteroatoms. The highest BCUT2D eigenvalue weighted by molar-refractivity contribution is 8.00. The molecule has 0 spiro atoms. The smallest absolute Gasteiger partial charge is 0.0547 e. The molecule has 2 atom stereocenters. The van der Waals surface area contributed by atoms with Gasteiger partial charge in [-0.05, 0) is 111 Å². The average Bonchev–Trinajstić information content (AvgIpc) is 4.01. The van der Waals surface area contributed by atoms with Gasteiger partial charge in [-0.15, -0.1) is 11.8 Å². The van der Waals surface area contributed by atoms with Crippen molar-refractivity contribution in [3.8, 4) is 27.9 Å². The van der Waals surface area contributed by atoms with E-state index in [1.165, 1.54) is 110 Å². The monoisotopic (exact) mass is 784 g/mol. The predicted octanol–water partition coefficient (Wildman–Crippen LogP) is 15.1. The normalized spacial score (nSPS) is 17.4. The maximum absolute atomic E-state index is 2.56. The minimum atomic E-state index is -0.0658. The molecule has 0 saturated heterocycles. The van der Waals surface area contributed by atoms with E-state index in [1.54, 1.807) is 0 Å². The van der Waals surface area contributed by atoms with Crippen molar-refractivity contribution in [1.82, 2.24) is 9.13 Å². The molecule has 0 N–H and O–H groups in total. The number of nitrogens with zero attached hydrogens (tertiary/aromatic N) is 2. The van der Waals surface area contributed by atoms with Crippen LogP contribution in [0, 0.1) is 0 Å². The molecule has 0 fully saturated rings. The maximum atomic E-state index is 2.56. The van der Waals surface area contributed by atoms with E-state index >= 15 is 0 Å². The summed E-state index contributed by atoms with van der Waals surface area (Å²) < 4.78 is 4.94. The number of allylic oxidation sites excluding steroid dienone is 3. The fourth-order valence-electron chi connectivity index (χ4n) is 10.9. The van der Waals surface area contributed by atoms with Crippen LogP contribution in [0.2, 0.25) is 0 Å². The lowest BCUT2D eigenvalue weighted by Crippen LogP contribution is -2.18. The first-order valence-electron chi connectivity index (χ1n) is 21.1. The molecule has 60 heavy (non-hydrogen) atoms. The Kier molecular flexibility index (Phi) is 7.16. The van der Waals surface area contributed by atoms with Crippen LogP contribution in [0.4, 0.5) is 0 Å². The molecule has 2 aliphatic carbocycles. The Morgan fingerprint density at radius 1 is 0.483 bits per heavy atom. The molecule has 2 unspecified atom stereocenters. The van der Waals surface area contributed by atoms with E-state index in [-0.39, 0.29) is 11.3 Å². The number of rotatable bonds is 4. The molecule has 1 aliphatic heterocycles. The fourth-order valence-corrected chi connectivity index (χ4v) is 12.4. The summed E-state index contributed by atoms with van der Waals surface area (Å²) in [6.07, 6.45) is 5.07. The summed E-state index contributed by atoms with van der Waals surface area (Å²) in [4.78, 5) is 1.39. The van der Waals surface area contributed by atoms with Crippen molar-refractivity contribution in [2.75, 3.05) is 0 Å². The molecule has 0 saturated carbocycles. The summed E-state index contributed by atoms with van der Waals surface area (Å²) in [6.45, 7) is 4.78. The Morgan fingerprint density at radius 3 is 2.03 bits per heavy atom. The quantitative estimate of drug-likeness (QED) is 0.173. The molecule has 0 bridgehead atoms. The Balaban J connectivity index is 1.02. The Labute approximate surface area is 353 Å². The molecule has 8 aromatic carbocycles. The van der Waals surface area contributed by atoms with Gasteiger partial charge in [0.2, 0.25) is 0 Å². The van der Waals surface area contributed by atoms with Gasteiger partial charge in [0.1, 0.15) is 0 Å². The maximum Gasteiger partial charge on any atom is 0.0547 e. The standard InChI is InChI=1S/C57H40N2S/c1-57(2)48-22-10-6-17-40(48)41-29-27-36(32-49(41)57)45-33-38(34-47-43-19-9-13-26-54(43)60-56(45)47)59-51-24-12-8-20-44(51)55-39(21-14-25-53(55)59)35-28-30-52-46(31-35)42-18-7-11-23-50(42)58(52)37-15-4-3-5-16-37/h3-34,47,56H,1-2H3. The zero-order valence-electron chi connectivity index (χ0n) is 33.4. The molecule has 2 nitrogen and oxygen atoms in total. The van der Waals surface area contributed by atoms with Gasteiger partial charge in [0, 0.05) is 54.4 Å². The van der Waals surface area contributed by atoms with Crippen LogP contribution >= 0.6 is 11.8 Å². The summed E-state index contributed by atoms with van der Waals surface area (Å²) in [5, 5.41) is 5.38. The van der Waals surface area contributed by atoms with E-state index in [4.69, 9.17) is 0 Å². The fraction of sp³-hybridized carbons (Fsp3) is 0.0877. The topological polar surface area (TPSA) is 9.86 Å². The molecular weight excluding hydrogens is 745 g/mol. The zero-order valence-corrected chi connectivity index (χ0v) is 34.2. The van der Waals surface area contributed by atoms with E-state index in [9.17, 15) is 0 Å². The van der Waals surface area contributed by atoms with Crippen molar-refractivity contribution in [1.29, 1.82) is 0 Å². The molecule has 13 rings (SSSR count). The summed E-state index contributed by atoms with van der Waals surface area (Å²) in [5.74, 6) is 0.253. The minimum absolute atomic E-state index is 0.0658. The first kappa shape index (κ1) is 34.1. The molecule has 3 aliphatic rings. The number of para-hydroxylation sites is 3. The molecule has 0 amide bonds. The summed E-state index contributed by atoms with van der Waals surface area (Å²) >= 11 is 2.03. The summed E-state index contributed by atoms with van der Waals surface area (Å²) in [5.41, 5.74) is 19.4. The second kappa shape index (κ2) is 12.6. The lowest BCUT2D eigenvalue weighted by molar-refractivity contribution is 0.660. The predicted molar refractivity (Wildman–Crippen MR) is 254 cm³/mol. The van der Waals surface area contributed by atoms with Crippen molar-refractivity contribution in [2.45, 2.75) is 35.3 Å². The number of fused-ring (bicyclic) bond motifs is 12. The zero-order chi connectivity index (χ0) is 39.7. The minimum Gasteiger partial charge on any atom is -0.310 e. The van der Waals surface area contributed by atoms with Crippen LogP contribution in [0.15, 0.2) is 199 Å². The van der Waals surface area contributed by atoms with Gasteiger partial charge in [-0.25, -0.2) is 0 Å². The highest BCUT2D eigenvalue weighted by atomic mass is 32.2. The van der Waals surface area contributed by atoms with E-state index in [2.05, 4.69) is 217 Å². The van der Waals surface area contributed by atoms with Crippen LogP contribution in [0.3, 0.4) is 0 Å². The van der Waals surface area contributed by atoms with Crippen LogP contribution in [0.5, 0.6) is 0 Å². The number of hydrogen-bond acceptors (Lipinski definition) is 1. The van der Waals surface area contributed by atoms with Crippen LogP contribution in [-0.2, 0) is 5.41 Å². The number of hydrogen-bond donors (Lipinski definition) is 0. The molecule has 10 aromatic rings. The van der Waals surface area contributed by atoms with Crippen LogP contribution in [-0.4, -0.2) is 14.4 Å². The third-order valence-electron chi connectivity index (χ3n) is 13.7. The largest absolute Gasteiger partial charge is 0.310 e. The van der Waals surface area contributed by atoms with Gasteiger partial charge < -0.3 is 9.13 Å². The summed E-state index contributed by atoms with van der Waals surface area (Å²) in [6, 6.07) is 67.8. The van der Waals surface area contributed by atoms with E-state index in [1.807, 2.05) is 11.8 Å². The Morgan fingerprint density at radius 2 is 1.15 bits per heavy atom. The van der Waals surface area contributed by atoms with Gasteiger partial charge in [0.05, 0.1) is 22.1 Å². The van der Waals surface area contributed by atoms with Crippen LogP contribution in [0.25, 0.3) is 82.8 Å². The third kappa shape index (κ3) is 4.73. The SMILES string of the molecule is CC1(C)c2ccccc2-c2ccc(C3=CC(n4c5ccccc5c5c(-c6ccc7c(c6)c6ccccc6n7-c6ccccc6)cccc54)=CC4c5ccccc5SC34)cc21. The van der Waals surface area contributed by atoms with Gasteiger partial charge in [0.25, 0.3) is 0 Å². The first-order chi connectivity index (χ1) is 29.5. The molecule has 284 valence electrons. The van der Waals surface area contributed by atoms with Crippen LogP contribution < -0.4 is 0 Å². The van der Waals surface area contributed by atoms with Crippen molar-refractivity contribution in [2.24, 2.45) is 0 Å². The average molecular weight is 785 g/mol. The third-order valence-corrected chi connectivity index (χ3v) is 15.1. The molecule has 0 radical (unpaired) electrons. The van der Waals surface area contributed by atoms with Crippen molar-refractivity contribution in [3.05, 3.63) is 216 Å². The van der Waals surface area contributed by atoms with Gasteiger partial charge in [-0.2, -0.15) is 0 Å². The highest BCUT2D eigenvalue weighted by Gasteiger charge is 2.40. The van der Waals surface area contributed by atoms with Crippen molar-refractivity contribution < 1.29 is 0 Å². The number of thioether (sulfide) groups is 1. The lowest BCUT2D eigenvalue weighted by atomic mass is 9.80. The number of aromatic nitrogens is 2. The lowest BCUT2D eigenvalue weighted by Gasteiger charge is -2.28. The highest BCUT2D eigenvalue weighted by Crippen LogP contribution is 2.56. The number of benzene rings is 8. The Hall–Kier alpha value is -6.81. The van der Waals surface area contributed by atoms with Crippen molar-refractivity contribution in [3.63, 3.8) is 0 Å². The first-order valence-corrected chi connectivity index (χ1v) is 22.0. The van der Waals surface area contributed by atoms with E-state index < -0.39 is 0 Å². The molecule has 3 heterocycles. The molecular formula is C57H40N2S. The Bertz CT molecular complexity index is 3500. The van der Waals surface area contributed by atoms with Gasteiger partial charge in [-0.3, -0.25) is 0 Å². The second-order valence-corrected chi connectivity index (χ2v) is 18.4. The van der Waals surface area contributed by atoms with Crippen LogP contribution in [0.1, 0.15) is 42.0 Å². The second-order valence-electron chi connectivity index (χ2n) is 17.2. The summed E-state index contributed by atoms with van der Waals surface area (Å²) in [7, 11) is 0. The van der Waals surface area contributed by atoms with Crippen molar-refractivity contribution >= 4 is 66.6 Å². The van der Waals surface area contributed by atoms with E-state index in [0.717, 1.165) is 0 Å². The van der Waals surface area contributed by atoms with Gasteiger partial charge >= 0.3 is 0 Å².